The van der Waals surface area contributed by atoms with Crippen LogP contribution in [-0.4, -0.2) is 5.17 Å². The van der Waals surface area contributed by atoms with E-state index in [0.717, 1.165) is 6.42 Å². The Morgan fingerprint density at radius 3 is 3.11 bits per heavy atom. The Balaban J connectivity index is 1.93. The number of hydrogen-bond acceptors (Lipinski definition) is 2. The summed E-state index contributed by atoms with van der Waals surface area (Å²) in [5.74, 6) is 0. The first-order chi connectivity index (χ1) is 9.29. The van der Waals surface area contributed by atoms with Crippen molar-refractivity contribution >= 4 is 23.1 Å². The third-order valence-corrected chi connectivity index (χ3v) is 4.40. The van der Waals surface area contributed by atoms with E-state index in [1.165, 1.54) is 60.9 Å². The minimum Gasteiger partial charge on any atom is -0.463 e. The van der Waals surface area contributed by atoms with Crippen molar-refractivity contribution in [1.82, 2.24) is 0 Å². The highest BCUT2D eigenvalue weighted by Gasteiger charge is 2.30. The molecule has 0 saturated heterocycles. The van der Waals surface area contributed by atoms with Crippen LogP contribution in [0.15, 0.2) is 12.1 Å². The fraction of sp³-hybridized carbons (Fsp3) is 0.562. The van der Waals surface area contributed by atoms with Gasteiger partial charge in [-0.25, -0.2) is 0 Å². The van der Waals surface area contributed by atoms with Crippen LogP contribution in [-0.2, 0) is 17.6 Å². The summed E-state index contributed by atoms with van der Waals surface area (Å²) < 4.78 is 5.79. The van der Waals surface area contributed by atoms with Crippen molar-refractivity contribution in [2.24, 2.45) is 0 Å². The van der Waals surface area contributed by atoms with Crippen LogP contribution in [0.2, 0.25) is 0 Å². The summed E-state index contributed by atoms with van der Waals surface area (Å²) in [7, 11) is 0. The van der Waals surface area contributed by atoms with Crippen molar-refractivity contribution < 1.29 is 4.74 Å². The first-order valence-electron chi connectivity index (χ1n) is 7.42. The van der Waals surface area contributed by atoms with Gasteiger partial charge in [0.2, 0.25) is 0 Å². The molecule has 102 valence electrons. The molecule has 3 rings (SSSR count). The van der Waals surface area contributed by atoms with Gasteiger partial charge in [0, 0.05) is 11.3 Å². The molecule has 2 nitrogen and oxygen atoms in total. The standard InChI is InChI=1S/C16H21NOS/c1-2-3-4-6-11-9-10-13-15-12(11)7-5-8-14(15)18-16(19)17-13/h9-10,14H,2-8H2,1H3,(H,17,19). The van der Waals surface area contributed by atoms with E-state index < -0.39 is 0 Å². The summed E-state index contributed by atoms with van der Waals surface area (Å²) in [5, 5.41) is 3.73. The van der Waals surface area contributed by atoms with E-state index in [2.05, 4.69) is 24.4 Å². The molecule has 3 heteroatoms. The Bertz CT molecular complexity index is 498. The molecular formula is C16H21NOS. The van der Waals surface area contributed by atoms with Crippen molar-refractivity contribution in [3.8, 4) is 0 Å². The van der Waals surface area contributed by atoms with Crippen LogP contribution in [0.4, 0.5) is 5.69 Å². The van der Waals surface area contributed by atoms with Crippen LogP contribution in [0.5, 0.6) is 0 Å². The predicted molar refractivity (Wildman–Crippen MR) is 82.7 cm³/mol. The van der Waals surface area contributed by atoms with Gasteiger partial charge in [-0.3, -0.25) is 0 Å². The molecule has 0 spiro atoms. The van der Waals surface area contributed by atoms with E-state index in [0.29, 0.717) is 5.17 Å². The minimum absolute atomic E-state index is 0.193. The second kappa shape index (κ2) is 5.49. The number of unbranched alkanes of at least 4 members (excludes halogenated alkanes) is 2. The molecule has 1 aliphatic carbocycles. The third-order valence-electron chi connectivity index (χ3n) is 4.20. The summed E-state index contributed by atoms with van der Waals surface area (Å²) >= 11 is 5.18. The molecule has 0 aromatic heterocycles. The lowest BCUT2D eigenvalue weighted by molar-refractivity contribution is 0.170. The molecule has 1 aromatic carbocycles. The number of rotatable bonds is 4. The Morgan fingerprint density at radius 1 is 1.37 bits per heavy atom. The Morgan fingerprint density at radius 2 is 2.26 bits per heavy atom. The number of hydrogen-bond donors (Lipinski definition) is 1. The summed E-state index contributed by atoms with van der Waals surface area (Å²) in [6.45, 7) is 2.26. The van der Waals surface area contributed by atoms with Gasteiger partial charge in [0.25, 0.3) is 5.17 Å². The molecule has 19 heavy (non-hydrogen) atoms. The Hall–Kier alpha value is -1.09. The highest BCUT2D eigenvalue weighted by Crippen LogP contribution is 2.42. The van der Waals surface area contributed by atoms with Gasteiger partial charge in [-0.05, 0) is 61.5 Å². The molecule has 0 amide bonds. The zero-order valence-corrected chi connectivity index (χ0v) is 12.3. The lowest BCUT2D eigenvalue weighted by Crippen LogP contribution is -2.28. The number of anilines is 1. The smallest absolute Gasteiger partial charge is 0.261 e. The SMILES string of the molecule is CCCCCc1ccc2c3c1CCCC3OC(=S)N2. The predicted octanol–water partition coefficient (Wildman–Crippen LogP) is 4.52. The zero-order chi connectivity index (χ0) is 13.2. The zero-order valence-electron chi connectivity index (χ0n) is 11.5. The minimum atomic E-state index is 0.193. The molecular weight excluding hydrogens is 254 g/mol. The highest BCUT2D eigenvalue weighted by atomic mass is 32.1. The lowest BCUT2D eigenvalue weighted by atomic mass is 9.83. The van der Waals surface area contributed by atoms with Crippen LogP contribution >= 0.6 is 12.2 Å². The number of benzene rings is 1. The van der Waals surface area contributed by atoms with Gasteiger partial charge in [0.1, 0.15) is 6.10 Å². The number of thiocarbonyl (C=S) groups is 1. The fourth-order valence-electron chi connectivity index (χ4n) is 3.28. The molecule has 1 unspecified atom stereocenters. The second-order valence-electron chi connectivity index (χ2n) is 5.53. The van der Waals surface area contributed by atoms with Gasteiger partial charge in [0.15, 0.2) is 0 Å². The average Bonchev–Trinajstić information content (AvgIpc) is 2.41. The van der Waals surface area contributed by atoms with Gasteiger partial charge < -0.3 is 10.1 Å². The summed E-state index contributed by atoms with van der Waals surface area (Å²) in [6, 6.07) is 4.47. The second-order valence-corrected chi connectivity index (χ2v) is 5.90. The Labute approximate surface area is 120 Å². The van der Waals surface area contributed by atoms with E-state index in [4.69, 9.17) is 17.0 Å². The van der Waals surface area contributed by atoms with Gasteiger partial charge in [0.05, 0.1) is 0 Å². The maximum atomic E-state index is 5.79. The lowest BCUT2D eigenvalue weighted by Gasteiger charge is -2.34. The molecule has 1 N–H and O–H groups in total. The fourth-order valence-corrected chi connectivity index (χ4v) is 3.50. The monoisotopic (exact) mass is 275 g/mol. The molecule has 1 aromatic rings. The van der Waals surface area contributed by atoms with Crippen LogP contribution in [0.25, 0.3) is 0 Å². The van der Waals surface area contributed by atoms with Gasteiger partial charge in [-0.2, -0.15) is 0 Å². The van der Waals surface area contributed by atoms with Gasteiger partial charge in [-0.15, -0.1) is 0 Å². The van der Waals surface area contributed by atoms with E-state index in [-0.39, 0.29) is 6.10 Å². The normalized spacial score (nSPS) is 20.5. The molecule has 0 bridgehead atoms. The number of ether oxygens (including phenoxy) is 1. The highest BCUT2D eigenvalue weighted by molar-refractivity contribution is 7.80. The largest absolute Gasteiger partial charge is 0.463 e. The molecule has 1 heterocycles. The van der Waals surface area contributed by atoms with E-state index in [1.54, 1.807) is 0 Å². The topological polar surface area (TPSA) is 21.3 Å². The van der Waals surface area contributed by atoms with Crippen molar-refractivity contribution in [3.63, 3.8) is 0 Å². The third kappa shape index (κ3) is 2.48. The van der Waals surface area contributed by atoms with Crippen molar-refractivity contribution in [2.45, 2.75) is 58.0 Å². The maximum absolute atomic E-state index is 5.79. The molecule has 0 saturated carbocycles. The Kier molecular flexibility index (Phi) is 3.74. The molecule has 0 radical (unpaired) electrons. The summed E-state index contributed by atoms with van der Waals surface area (Å²) in [5.41, 5.74) is 5.61. The summed E-state index contributed by atoms with van der Waals surface area (Å²) in [6.07, 6.45) is 8.79. The van der Waals surface area contributed by atoms with Crippen molar-refractivity contribution in [3.05, 3.63) is 28.8 Å². The number of nitrogens with one attached hydrogen (secondary N) is 1. The number of aryl methyl sites for hydroxylation is 1. The summed E-state index contributed by atoms with van der Waals surface area (Å²) in [4.78, 5) is 0. The molecule has 2 aliphatic rings. The van der Waals surface area contributed by atoms with Gasteiger partial charge >= 0.3 is 0 Å². The van der Waals surface area contributed by atoms with Crippen molar-refractivity contribution in [2.75, 3.05) is 5.32 Å². The van der Waals surface area contributed by atoms with Crippen molar-refractivity contribution in [1.29, 1.82) is 0 Å². The van der Waals surface area contributed by atoms with E-state index in [9.17, 15) is 0 Å². The molecule has 1 aliphatic heterocycles. The average molecular weight is 275 g/mol. The quantitative estimate of drug-likeness (QED) is 0.644. The maximum Gasteiger partial charge on any atom is 0.261 e. The first-order valence-corrected chi connectivity index (χ1v) is 7.82. The van der Waals surface area contributed by atoms with E-state index >= 15 is 0 Å². The van der Waals surface area contributed by atoms with E-state index in [1.807, 2.05) is 0 Å². The van der Waals surface area contributed by atoms with Gasteiger partial charge in [-0.1, -0.05) is 25.8 Å². The molecule has 0 fully saturated rings. The van der Waals surface area contributed by atoms with Crippen LogP contribution in [0.1, 0.15) is 61.8 Å². The van der Waals surface area contributed by atoms with Crippen LogP contribution in [0, 0.1) is 0 Å². The first kappa shape index (κ1) is 12.9. The van der Waals surface area contributed by atoms with Crippen LogP contribution in [0.3, 0.4) is 0 Å². The molecule has 1 atom stereocenters. The van der Waals surface area contributed by atoms with Crippen LogP contribution < -0.4 is 5.32 Å².